The largest absolute Gasteiger partial charge is 0.480 e. The van der Waals surface area contributed by atoms with Crippen molar-refractivity contribution in [3.63, 3.8) is 0 Å². The van der Waals surface area contributed by atoms with Crippen molar-refractivity contribution >= 4 is 11.9 Å². The van der Waals surface area contributed by atoms with E-state index in [4.69, 9.17) is 5.11 Å². The van der Waals surface area contributed by atoms with E-state index in [1.165, 1.54) is 13.8 Å². The second-order valence-electron chi connectivity index (χ2n) is 5.59. The van der Waals surface area contributed by atoms with Crippen LogP contribution in [0.4, 0.5) is 0 Å². The van der Waals surface area contributed by atoms with Gasteiger partial charge >= 0.3 is 5.97 Å². The van der Waals surface area contributed by atoms with Gasteiger partial charge in [-0.15, -0.1) is 0 Å². The Hall–Kier alpha value is -1.10. The van der Waals surface area contributed by atoms with Crippen LogP contribution in [-0.4, -0.2) is 48.1 Å². The molecule has 0 aromatic rings. The number of aliphatic carboxylic acids is 1. The summed E-state index contributed by atoms with van der Waals surface area (Å²) in [6.45, 7) is 3.37. The topological polar surface area (TPSA) is 69.6 Å². The van der Waals surface area contributed by atoms with Crippen molar-refractivity contribution in [2.75, 3.05) is 20.6 Å². The van der Waals surface area contributed by atoms with Gasteiger partial charge in [-0.2, -0.15) is 0 Å². The fourth-order valence-electron chi connectivity index (χ4n) is 1.93. The van der Waals surface area contributed by atoms with Crippen molar-refractivity contribution in [1.82, 2.24) is 10.2 Å². The van der Waals surface area contributed by atoms with Gasteiger partial charge < -0.3 is 15.3 Å². The molecule has 0 aromatic carbocycles. The van der Waals surface area contributed by atoms with Gasteiger partial charge in [-0.05, 0) is 47.2 Å². The Labute approximate surface area is 102 Å². The predicted molar refractivity (Wildman–Crippen MR) is 64.7 cm³/mol. The molecule has 98 valence electrons. The minimum Gasteiger partial charge on any atom is -0.480 e. The van der Waals surface area contributed by atoms with Gasteiger partial charge in [0, 0.05) is 12.1 Å². The van der Waals surface area contributed by atoms with Gasteiger partial charge in [0.25, 0.3) is 0 Å². The number of carboxylic acids is 1. The first-order chi connectivity index (χ1) is 7.72. The molecule has 17 heavy (non-hydrogen) atoms. The monoisotopic (exact) mass is 242 g/mol. The molecule has 0 aliphatic heterocycles. The van der Waals surface area contributed by atoms with E-state index in [2.05, 4.69) is 10.2 Å². The molecule has 2 N–H and O–H groups in total. The second kappa shape index (κ2) is 4.64. The fraction of sp³-hybridized carbons (Fsp3) is 0.833. The molecular formula is C12H22N2O3. The lowest BCUT2D eigenvalue weighted by molar-refractivity contribution is -0.153. The van der Waals surface area contributed by atoms with Crippen LogP contribution >= 0.6 is 0 Å². The Kier molecular flexibility index (Phi) is 3.81. The zero-order valence-electron chi connectivity index (χ0n) is 11.0. The summed E-state index contributed by atoms with van der Waals surface area (Å²) < 4.78 is 0. The van der Waals surface area contributed by atoms with E-state index >= 15 is 0 Å². The summed E-state index contributed by atoms with van der Waals surface area (Å²) in [4.78, 5) is 24.9. The van der Waals surface area contributed by atoms with Gasteiger partial charge in [-0.1, -0.05) is 0 Å². The SMILES string of the molecule is CN(C)C1(CNC(=O)C(C)(C)C(=O)O)CCC1. The molecular weight excluding hydrogens is 220 g/mol. The fourth-order valence-corrected chi connectivity index (χ4v) is 1.93. The molecule has 5 nitrogen and oxygen atoms in total. The van der Waals surface area contributed by atoms with Crippen LogP contribution in [0.1, 0.15) is 33.1 Å². The number of carboxylic acid groups (broad SMARTS) is 1. The zero-order valence-corrected chi connectivity index (χ0v) is 11.0. The molecule has 0 saturated heterocycles. The maximum absolute atomic E-state index is 11.8. The van der Waals surface area contributed by atoms with Gasteiger partial charge in [-0.3, -0.25) is 9.59 Å². The summed E-state index contributed by atoms with van der Waals surface area (Å²) in [6, 6.07) is 0. The number of hydrogen-bond acceptors (Lipinski definition) is 3. The standard InChI is InChI=1S/C12H22N2O3/c1-11(2,10(16)17)9(15)13-8-12(14(3)4)6-5-7-12/h5-8H2,1-4H3,(H,13,15)(H,16,17). The first-order valence-corrected chi connectivity index (χ1v) is 5.91. The number of carbonyl (C=O) groups excluding carboxylic acids is 1. The van der Waals surface area contributed by atoms with Crippen molar-refractivity contribution in [3.05, 3.63) is 0 Å². The lowest BCUT2D eigenvalue weighted by atomic mass is 9.75. The van der Waals surface area contributed by atoms with Crippen molar-refractivity contribution in [2.24, 2.45) is 5.41 Å². The van der Waals surface area contributed by atoms with Gasteiger partial charge in [-0.25, -0.2) is 0 Å². The molecule has 0 bridgehead atoms. The Bertz CT molecular complexity index is 320. The minimum absolute atomic E-state index is 0.0181. The highest BCUT2D eigenvalue weighted by molar-refractivity contribution is 6.00. The zero-order chi connectivity index (χ0) is 13.3. The van der Waals surface area contributed by atoms with E-state index in [-0.39, 0.29) is 5.54 Å². The molecule has 0 spiro atoms. The minimum atomic E-state index is -1.36. The van der Waals surface area contributed by atoms with Crippen LogP contribution in [-0.2, 0) is 9.59 Å². The third-order valence-corrected chi connectivity index (χ3v) is 3.91. The highest BCUT2D eigenvalue weighted by atomic mass is 16.4. The van der Waals surface area contributed by atoms with Crippen LogP contribution in [0.15, 0.2) is 0 Å². The lowest BCUT2D eigenvalue weighted by Crippen LogP contribution is -2.58. The highest BCUT2D eigenvalue weighted by Crippen LogP contribution is 2.35. The summed E-state index contributed by atoms with van der Waals surface area (Å²) in [5.74, 6) is -1.51. The number of carbonyl (C=O) groups is 2. The first-order valence-electron chi connectivity index (χ1n) is 5.91. The average Bonchev–Trinajstić information content (AvgIpc) is 2.14. The molecule has 0 atom stereocenters. The average molecular weight is 242 g/mol. The molecule has 0 unspecified atom stereocenters. The molecule has 5 heteroatoms. The van der Waals surface area contributed by atoms with Gasteiger partial charge in [0.15, 0.2) is 0 Å². The normalized spacial score (nSPS) is 18.6. The van der Waals surface area contributed by atoms with Crippen LogP contribution in [0.5, 0.6) is 0 Å². The molecule has 1 rings (SSSR count). The van der Waals surface area contributed by atoms with Crippen molar-refractivity contribution in [2.45, 2.75) is 38.6 Å². The van der Waals surface area contributed by atoms with Crippen molar-refractivity contribution in [1.29, 1.82) is 0 Å². The first kappa shape index (κ1) is 14.0. The third kappa shape index (κ3) is 2.60. The number of amides is 1. The molecule has 0 aromatic heterocycles. The molecule has 0 heterocycles. The predicted octanol–water partition coefficient (Wildman–Crippen LogP) is 0.698. The highest BCUT2D eigenvalue weighted by Gasteiger charge is 2.42. The van der Waals surface area contributed by atoms with E-state index in [1.807, 2.05) is 14.1 Å². The van der Waals surface area contributed by atoms with E-state index in [9.17, 15) is 9.59 Å². The maximum Gasteiger partial charge on any atom is 0.318 e. The summed E-state index contributed by atoms with van der Waals surface area (Å²) >= 11 is 0. The van der Waals surface area contributed by atoms with Gasteiger partial charge in [0.2, 0.25) is 5.91 Å². The van der Waals surface area contributed by atoms with Crippen LogP contribution in [0.3, 0.4) is 0 Å². The van der Waals surface area contributed by atoms with Crippen LogP contribution in [0.25, 0.3) is 0 Å². The summed E-state index contributed by atoms with van der Waals surface area (Å²) in [7, 11) is 3.99. The Morgan fingerprint density at radius 3 is 2.18 bits per heavy atom. The maximum atomic E-state index is 11.8. The molecule has 1 aliphatic carbocycles. The number of nitrogens with one attached hydrogen (secondary N) is 1. The van der Waals surface area contributed by atoms with Crippen LogP contribution in [0, 0.1) is 5.41 Å². The smallest absolute Gasteiger partial charge is 0.318 e. The van der Waals surface area contributed by atoms with E-state index in [0.29, 0.717) is 6.54 Å². The Balaban J connectivity index is 2.56. The molecule has 0 radical (unpaired) electrons. The molecule has 1 fully saturated rings. The summed E-state index contributed by atoms with van der Waals surface area (Å²) in [5, 5.41) is 11.7. The number of likely N-dealkylation sites (N-methyl/N-ethyl adjacent to an activating group) is 1. The second-order valence-corrected chi connectivity index (χ2v) is 5.59. The molecule has 1 aliphatic rings. The van der Waals surface area contributed by atoms with E-state index < -0.39 is 17.3 Å². The quantitative estimate of drug-likeness (QED) is 0.696. The summed E-state index contributed by atoms with van der Waals surface area (Å²) in [6.07, 6.45) is 3.26. The van der Waals surface area contributed by atoms with Gasteiger partial charge in [0.05, 0.1) is 0 Å². The number of hydrogen-bond donors (Lipinski definition) is 2. The Morgan fingerprint density at radius 1 is 1.35 bits per heavy atom. The summed E-state index contributed by atoms with van der Waals surface area (Å²) in [5.41, 5.74) is -1.35. The van der Waals surface area contributed by atoms with Crippen LogP contribution < -0.4 is 5.32 Å². The van der Waals surface area contributed by atoms with Crippen molar-refractivity contribution < 1.29 is 14.7 Å². The van der Waals surface area contributed by atoms with Crippen molar-refractivity contribution in [3.8, 4) is 0 Å². The number of nitrogens with zero attached hydrogens (tertiary/aromatic N) is 1. The van der Waals surface area contributed by atoms with E-state index in [1.54, 1.807) is 0 Å². The lowest BCUT2D eigenvalue weighted by Gasteiger charge is -2.47. The number of rotatable bonds is 5. The van der Waals surface area contributed by atoms with E-state index in [0.717, 1.165) is 19.3 Å². The third-order valence-electron chi connectivity index (χ3n) is 3.91. The molecule has 1 amide bonds. The van der Waals surface area contributed by atoms with Gasteiger partial charge in [0.1, 0.15) is 5.41 Å². The molecule has 1 saturated carbocycles. The Morgan fingerprint density at radius 2 is 1.88 bits per heavy atom. The van der Waals surface area contributed by atoms with Crippen LogP contribution in [0.2, 0.25) is 0 Å².